The van der Waals surface area contributed by atoms with E-state index in [1.165, 1.54) is 47.3 Å². The lowest BCUT2D eigenvalue weighted by molar-refractivity contribution is -0.159. The van der Waals surface area contributed by atoms with Crippen LogP contribution in [-0.2, 0) is 22.1 Å². The van der Waals surface area contributed by atoms with Crippen molar-refractivity contribution in [3.8, 4) is 17.1 Å². The molecule has 0 radical (unpaired) electrons. The van der Waals surface area contributed by atoms with Gasteiger partial charge in [-0.3, -0.25) is 4.79 Å². The van der Waals surface area contributed by atoms with Gasteiger partial charge >= 0.3 is 18.2 Å². The number of carbonyl (C=O) groups excluding carboxylic acids is 1. The van der Waals surface area contributed by atoms with Crippen molar-refractivity contribution < 1.29 is 39.9 Å². The van der Waals surface area contributed by atoms with Gasteiger partial charge in [-0.1, -0.05) is 5.16 Å². The number of pyridine rings is 1. The SMILES string of the molecule is CS(=O)(=NC(=O)c1ccn(-c2ccc(-c3noc(C(F)(F)F)n3)cc2)c1)c1ccc(C(F)(F)F)cn1. The Bertz CT molecular complexity index is 1530. The van der Waals surface area contributed by atoms with Gasteiger partial charge in [0.25, 0.3) is 5.91 Å². The fourth-order valence-corrected chi connectivity index (χ4v) is 4.04. The van der Waals surface area contributed by atoms with Gasteiger partial charge in [-0.15, -0.1) is 0 Å². The maximum atomic E-state index is 12.8. The summed E-state index contributed by atoms with van der Waals surface area (Å²) < 4.78 is 98.1. The molecule has 0 aliphatic carbocycles. The number of amides is 1. The summed E-state index contributed by atoms with van der Waals surface area (Å²) in [6.45, 7) is 0. The van der Waals surface area contributed by atoms with Gasteiger partial charge in [0.2, 0.25) is 5.82 Å². The first-order chi connectivity index (χ1) is 16.7. The molecule has 4 aromatic rings. The summed E-state index contributed by atoms with van der Waals surface area (Å²) in [4.78, 5) is 19.4. The number of alkyl halides is 6. The second-order valence-electron chi connectivity index (χ2n) is 7.36. The topological polar surface area (TPSA) is 103 Å². The van der Waals surface area contributed by atoms with Crippen LogP contribution in [0.5, 0.6) is 0 Å². The zero-order valence-corrected chi connectivity index (χ0v) is 18.7. The highest BCUT2D eigenvalue weighted by Gasteiger charge is 2.38. The Kier molecular flexibility index (Phi) is 6.20. The molecule has 188 valence electrons. The van der Waals surface area contributed by atoms with E-state index in [4.69, 9.17) is 0 Å². The van der Waals surface area contributed by atoms with E-state index in [-0.39, 0.29) is 22.0 Å². The van der Waals surface area contributed by atoms with Crippen LogP contribution in [0.2, 0.25) is 0 Å². The molecule has 1 atom stereocenters. The average molecular weight is 529 g/mol. The van der Waals surface area contributed by atoms with Gasteiger partial charge in [-0.05, 0) is 42.5 Å². The van der Waals surface area contributed by atoms with Crippen molar-refractivity contribution in [3.05, 3.63) is 78.1 Å². The third kappa shape index (κ3) is 5.30. The van der Waals surface area contributed by atoms with Gasteiger partial charge in [0.1, 0.15) is 5.03 Å². The van der Waals surface area contributed by atoms with Crippen molar-refractivity contribution in [1.29, 1.82) is 0 Å². The molecular weight excluding hydrogens is 516 g/mol. The molecule has 1 amide bonds. The van der Waals surface area contributed by atoms with Crippen LogP contribution in [0.25, 0.3) is 17.1 Å². The van der Waals surface area contributed by atoms with E-state index >= 15 is 0 Å². The Morgan fingerprint density at radius 3 is 2.25 bits per heavy atom. The Morgan fingerprint density at radius 2 is 1.69 bits per heavy atom. The Labute approximate surface area is 198 Å². The zero-order chi connectivity index (χ0) is 26.3. The maximum absolute atomic E-state index is 12.8. The molecule has 1 unspecified atom stereocenters. The smallest absolute Gasteiger partial charge is 0.329 e. The summed E-state index contributed by atoms with van der Waals surface area (Å²) >= 11 is 0. The molecule has 1 aromatic carbocycles. The van der Waals surface area contributed by atoms with E-state index in [0.717, 1.165) is 12.3 Å². The van der Waals surface area contributed by atoms with Crippen LogP contribution in [0, 0.1) is 0 Å². The monoisotopic (exact) mass is 529 g/mol. The standard InChI is InChI=1S/C21H13F6N5O3S/c1-36(34,16-7-4-14(10-28-16)20(22,23)24)31-18(33)13-8-9-32(11-13)15-5-2-12(3-6-15)17-29-19(35-30-17)21(25,26)27/h2-11H,1H3. The molecule has 8 nitrogen and oxygen atoms in total. The fraction of sp³-hybridized carbons (Fsp3) is 0.143. The third-order valence-corrected chi connectivity index (χ3v) is 6.27. The summed E-state index contributed by atoms with van der Waals surface area (Å²) in [7, 11) is -3.44. The molecule has 0 saturated carbocycles. The van der Waals surface area contributed by atoms with Crippen LogP contribution in [0.4, 0.5) is 26.3 Å². The number of rotatable bonds is 4. The summed E-state index contributed by atoms with van der Waals surface area (Å²) in [6, 6.07) is 8.92. The minimum atomic E-state index is -4.77. The third-order valence-electron chi connectivity index (χ3n) is 4.74. The van der Waals surface area contributed by atoms with Gasteiger partial charge in [0.05, 0.1) is 20.9 Å². The minimum absolute atomic E-state index is 0.0357. The first-order valence-electron chi connectivity index (χ1n) is 9.73. The van der Waals surface area contributed by atoms with Gasteiger partial charge in [0, 0.05) is 36.1 Å². The van der Waals surface area contributed by atoms with Gasteiger partial charge < -0.3 is 9.09 Å². The van der Waals surface area contributed by atoms with E-state index in [1.807, 2.05) is 0 Å². The molecule has 4 rings (SSSR count). The van der Waals surface area contributed by atoms with Gasteiger partial charge in [-0.2, -0.15) is 35.7 Å². The number of halogens is 6. The largest absolute Gasteiger partial charge is 0.471 e. The average Bonchev–Trinajstić information content (AvgIpc) is 3.49. The fourth-order valence-electron chi connectivity index (χ4n) is 2.95. The van der Waals surface area contributed by atoms with Gasteiger partial charge in [-0.25, -0.2) is 9.19 Å². The van der Waals surface area contributed by atoms with Crippen molar-refractivity contribution in [2.75, 3.05) is 6.26 Å². The first-order valence-corrected chi connectivity index (χ1v) is 11.7. The molecule has 0 bridgehead atoms. The number of carbonyl (C=O) groups is 1. The van der Waals surface area contributed by atoms with Crippen LogP contribution in [0.3, 0.4) is 0 Å². The van der Waals surface area contributed by atoms with Crippen LogP contribution in [0.1, 0.15) is 21.8 Å². The predicted molar refractivity (Wildman–Crippen MR) is 112 cm³/mol. The summed E-state index contributed by atoms with van der Waals surface area (Å²) in [5.74, 6) is -2.62. The number of benzene rings is 1. The molecule has 0 N–H and O–H groups in total. The van der Waals surface area contributed by atoms with Crippen LogP contribution < -0.4 is 0 Å². The number of hydrogen-bond acceptors (Lipinski definition) is 6. The van der Waals surface area contributed by atoms with Crippen molar-refractivity contribution in [1.82, 2.24) is 19.7 Å². The van der Waals surface area contributed by atoms with E-state index in [9.17, 15) is 35.3 Å². The molecular formula is C21H13F6N5O3S. The second-order valence-corrected chi connectivity index (χ2v) is 9.56. The molecule has 3 aromatic heterocycles. The number of aromatic nitrogens is 4. The number of nitrogens with zero attached hydrogens (tertiary/aromatic N) is 5. The minimum Gasteiger partial charge on any atom is -0.329 e. The number of hydrogen-bond donors (Lipinski definition) is 0. The van der Waals surface area contributed by atoms with E-state index in [2.05, 4.69) is 24.0 Å². The van der Waals surface area contributed by atoms with Crippen LogP contribution >= 0.6 is 0 Å². The first kappa shape index (κ1) is 25.1. The molecule has 36 heavy (non-hydrogen) atoms. The molecule has 0 spiro atoms. The highest BCUT2D eigenvalue weighted by atomic mass is 32.2. The van der Waals surface area contributed by atoms with E-state index in [1.54, 1.807) is 0 Å². The lowest BCUT2D eigenvalue weighted by atomic mass is 10.2. The molecule has 3 heterocycles. The molecule has 0 saturated heterocycles. The lowest BCUT2D eigenvalue weighted by Crippen LogP contribution is -2.09. The maximum Gasteiger partial charge on any atom is 0.471 e. The molecule has 0 aliphatic heterocycles. The Hall–Kier alpha value is -4.01. The highest BCUT2D eigenvalue weighted by molar-refractivity contribution is 7.93. The second kappa shape index (κ2) is 8.89. The summed E-state index contributed by atoms with van der Waals surface area (Å²) in [5, 5.41) is 3.02. The predicted octanol–water partition coefficient (Wildman–Crippen LogP) is 5.26. The normalized spacial score (nSPS) is 13.9. The van der Waals surface area contributed by atoms with E-state index < -0.39 is 39.4 Å². The van der Waals surface area contributed by atoms with Crippen molar-refractivity contribution in [3.63, 3.8) is 0 Å². The van der Waals surface area contributed by atoms with Gasteiger partial charge in [0.15, 0.2) is 0 Å². The van der Waals surface area contributed by atoms with Crippen molar-refractivity contribution >= 4 is 15.6 Å². The van der Waals surface area contributed by atoms with Crippen LogP contribution in [0.15, 0.2) is 75.0 Å². The van der Waals surface area contributed by atoms with E-state index in [0.29, 0.717) is 18.0 Å². The Morgan fingerprint density at radius 1 is 1.00 bits per heavy atom. The summed E-state index contributed by atoms with van der Waals surface area (Å²) in [5.41, 5.74) is -0.227. The lowest BCUT2D eigenvalue weighted by Gasteiger charge is -2.07. The van der Waals surface area contributed by atoms with Crippen molar-refractivity contribution in [2.45, 2.75) is 17.4 Å². The Balaban J connectivity index is 1.53. The zero-order valence-electron chi connectivity index (χ0n) is 17.9. The molecule has 15 heteroatoms. The summed E-state index contributed by atoms with van der Waals surface area (Å²) in [6.07, 6.45) is -4.94. The van der Waals surface area contributed by atoms with Crippen LogP contribution in [-0.4, -0.2) is 36.1 Å². The van der Waals surface area contributed by atoms with Crippen molar-refractivity contribution in [2.24, 2.45) is 4.36 Å². The quantitative estimate of drug-likeness (QED) is 0.334. The highest BCUT2D eigenvalue weighted by Crippen LogP contribution is 2.30. The molecule has 0 aliphatic rings. The molecule has 0 fully saturated rings.